The van der Waals surface area contributed by atoms with Gasteiger partial charge in [-0.3, -0.25) is 4.79 Å². The highest BCUT2D eigenvalue weighted by molar-refractivity contribution is 9.10. The molecular formula is C9H9BrClF2NO2. The van der Waals surface area contributed by atoms with Gasteiger partial charge in [0.2, 0.25) is 0 Å². The molecule has 0 unspecified atom stereocenters. The summed E-state index contributed by atoms with van der Waals surface area (Å²) in [5.41, 5.74) is 4.97. The van der Waals surface area contributed by atoms with Crippen LogP contribution >= 0.6 is 28.3 Å². The number of benzene rings is 1. The fraction of sp³-hybridized carbons (Fsp3) is 0.222. The number of carboxylic acids is 1. The molecule has 1 aromatic rings. The number of carbonyl (C=O) groups is 1. The van der Waals surface area contributed by atoms with Crippen LogP contribution in [0.25, 0.3) is 0 Å². The van der Waals surface area contributed by atoms with E-state index in [-0.39, 0.29) is 16.9 Å². The first-order valence-electron chi connectivity index (χ1n) is 4.03. The number of carboxylic acid groups (broad SMARTS) is 1. The largest absolute Gasteiger partial charge is 0.481 e. The molecule has 0 saturated carbocycles. The number of nitrogens with two attached hydrogens (primary N) is 1. The van der Waals surface area contributed by atoms with Gasteiger partial charge in [-0.2, -0.15) is 0 Å². The maximum Gasteiger partial charge on any atom is 0.305 e. The standard InChI is InChI=1S/C9H8BrF2NO2.ClH/c10-4-1-5(11)9(6(12)2-4)7(13)3-8(14)15;/h1-2,7H,3,13H2,(H,14,15);1H/t7-;/m0./s1. The van der Waals surface area contributed by atoms with Crippen molar-refractivity contribution in [2.45, 2.75) is 12.5 Å². The summed E-state index contributed by atoms with van der Waals surface area (Å²) in [6, 6.07) is 0.899. The van der Waals surface area contributed by atoms with E-state index in [0.29, 0.717) is 0 Å². The number of aliphatic carboxylic acids is 1. The number of halogens is 4. The zero-order valence-electron chi connectivity index (χ0n) is 7.91. The highest BCUT2D eigenvalue weighted by Gasteiger charge is 2.19. The maximum atomic E-state index is 13.3. The highest BCUT2D eigenvalue weighted by Crippen LogP contribution is 2.25. The Labute approximate surface area is 105 Å². The third-order valence-electron chi connectivity index (χ3n) is 1.81. The molecule has 0 amide bonds. The zero-order chi connectivity index (χ0) is 11.6. The van der Waals surface area contributed by atoms with Crippen LogP contribution in [-0.4, -0.2) is 11.1 Å². The molecule has 3 N–H and O–H groups in total. The molecule has 7 heteroatoms. The molecule has 0 aliphatic rings. The van der Waals surface area contributed by atoms with E-state index in [1.165, 1.54) is 0 Å². The fourth-order valence-corrected chi connectivity index (χ4v) is 1.60. The number of hydrogen-bond acceptors (Lipinski definition) is 2. The van der Waals surface area contributed by atoms with Crippen molar-refractivity contribution in [2.24, 2.45) is 5.73 Å². The summed E-state index contributed by atoms with van der Waals surface area (Å²) < 4.78 is 26.8. The summed E-state index contributed by atoms with van der Waals surface area (Å²) in [6.07, 6.45) is -0.518. The van der Waals surface area contributed by atoms with Crippen molar-refractivity contribution in [1.82, 2.24) is 0 Å². The van der Waals surface area contributed by atoms with Crippen LogP contribution in [0.5, 0.6) is 0 Å². The highest BCUT2D eigenvalue weighted by atomic mass is 79.9. The van der Waals surface area contributed by atoms with Gasteiger partial charge in [0.1, 0.15) is 11.6 Å². The van der Waals surface area contributed by atoms with Crippen molar-refractivity contribution in [2.75, 3.05) is 0 Å². The van der Waals surface area contributed by atoms with Crippen LogP contribution in [0.2, 0.25) is 0 Å². The Morgan fingerprint density at radius 2 is 1.88 bits per heavy atom. The second-order valence-corrected chi connectivity index (χ2v) is 3.90. The van der Waals surface area contributed by atoms with E-state index in [1.54, 1.807) is 0 Å². The minimum Gasteiger partial charge on any atom is -0.481 e. The SMILES string of the molecule is Cl.N[C@@H](CC(=O)O)c1c(F)cc(Br)cc1F. The Bertz CT molecular complexity index is 380. The third-order valence-corrected chi connectivity index (χ3v) is 2.27. The first-order chi connectivity index (χ1) is 6.91. The molecule has 0 heterocycles. The monoisotopic (exact) mass is 315 g/mol. The molecule has 16 heavy (non-hydrogen) atoms. The maximum absolute atomic E-state index is 13.3. The van der Waals surface area contributed by atoms with Crippen LogP contribution in [-0.2, 0) is 4.79 Å². The minimum absolute atomic E-state index is 0. The van der Waals surface area contributed by atoms with Crippen molar-refractivity contribution in [1.29, 1.82) is 0 Å². The number of hydrogen-bond donors (Lipinski definition) is 2. The van der Waals surface area contributed by atoms with Crippen LogP contribution in [0.1, 0.15) is 18.0 Å². The van der Waals surface area contributed by atoms with E-state index in [4.69, 9.17) is 10.8 Å². The average molecular weight is 317 g/mol. The van der Waals surface area contributed by atoms with E-state index < -0.39 is 35.6 Å². The molecule has 3 nitrogen and oxygen atoms in total. The second-order valence-electron chi connectivity index (χ2n) is 2.99. The fourth-order valence-electron chi connectivity index (χ4n) is 1.20. The van der Waals surface area contributed by atoms with E-state index >= 15 is 0 Å². The van der Waals surface area contributed by atoms with Gasteiger partial charge < -0.3 is 10.8 Å². The van der Waals surface area contributed by atoms with Gasteiger partial charge in [-0.1, -0.05) is 15.9 Å². The Morgan fingerprint density at radius 1 is 1.44 bits per heavy atom. The summed E-state index contributed by atoms with van der Waals surface area (Å²) in [6.45, 7) is 0. The van der Waals surface area contributed by atoms with Gasteiger partial charge in [0.15, 0.2) is 0 Å². The molecule has 0 bridgehead atoms. The Kier molecular flexibility index (Phi) is 5.85. The molecular weight excluding hydrogens is 307 g/mol. The van der Waals surface area contributed by atoms with Crippen LogP contribution < -0.4 is 5.73 Å². The van der Waals surface area contributed by atoms with Crippen molar-refractivity contribution in [3.05, 3.63) is 33.8 Å². The van der Waals surface area contributed by atoms with Gasteiger partial charge in [0, 0.05) is 16.1 Å². The predicted octanol–water partition coefficient (Wildman–Crippen LogP) is 2.62. The summed E-state index contributed by atoms with van der Waals surface area (Å²) >= 11 is 2.91. The van der Waals surface area contributed by atoms with E-state index in [2.05, 4.69) is 15.9 Å². The Balaban J connectivity index is 0.00000225. The normalized spacial score (nSPS) is 11.8. The van der Waals surface area contributed by atoms with Gasteiger partial charge in [0.05, 0.1) is 6.42 Å². The van der Waals surface area contributed by atoms with E-state index in [0.717, 1.165) is 12.1 Å². The van der Waals surface area contributed by atoms with Crippen LogP contribution in [0, 0.1) is 11.6 Å². The topological polar surface area (TPSA) is 63.3 Å². The predicted molar refractivity (Wildman–Crippen MR) is 60.5 cm³/mol. The quantitative estimate of drug-likeness (QED) is 0.901. The zero-order valence-corrected chi connectivity index (χ0v) is 10.3. The lowest BCUT2D eigenvalue weighted by Crippen LogP contribution is -2.18. The van der Waals surface area contributed by atoms with Crippen LogP contribution in [0.15, 0.2) is 16.6 Å². The molecule has 0 aliphatic heterocycles. The molecule has 0 fully saturated rings. The summed E-state index contributed by atoms with van der Waals surface area (Å²) in [4.78, 5) is 10.3. The smallest absolute Gasteiger partial charge is 0.305 e. The van der Waals surface area contributed by atoms with Gasteiger partial charge in [-0.05, 0) is 12.1 Å². The molecule has 0 spiro atoms. The molecule has 1 aromatic carbocycles. The molecule has 0 radical (unpaired) electrons. The molecule has 1 rings (SSSR count). The molecule has 0 aliphatic carbocycles. The first-order valence-corrected chi connectivity index (χ1v) is 4.83. The Hall–Kier alpha value is -0.720. The van der Waals surface area contributed by atoms with E-state index in [9.17, 15) is 13.6 Å². The van der Waals surface area contributed by atoms with Crippen molar-refractivity contribution in [3.8, 4) is 0 Å². The summed E-state index contributed by atoms with van der Waals surface area (Å²) in [5.74, 6) is -2.91. The van der Waals surface area contributed by atoms with Crippen molar-refractivity contribution >= 4 is 34.3 Å². The second kappa shape index (κ2) is 6.12. The molecule has 0 aromatic heterocycles. The van der Waals surface area contributed by atoms with Gasteiger partial charge >= 0.3 is 5.97 Å². The molecule has 0 saturated heterocycles. The van der Waals surface area contributed by atoms with Crippen molar-refractivity contribution < 1.29 is 18.7 Å². The van der Waals surface area contributed by atoms with E-state index in [1.807, 2.05) is 0 Å². The van der Waals surface area contributed by atoms with Gasteiger partial charge in [-0.15, -0.1) is 12.4 Å². The number of rotatable bonds is 3. The molecule has 1 atom stereocenters. The lowest BCUT2D eigenvalue weighted by atomic mass is 10.0. The Morgan fingerprint density at radius 3 is 2.25 bits per heavy atom. The van der Waals surface area contributed by atoms with Crippen LogP contribution in [0.3, 0.4) is 0 Å². The van der Waals surface area contributed by atoms with Crippen molar-refractivity contribution in [3.63, 3.8) is 0 Å². The summed E-state index contributed by atoms with van der Waals surface area (Å²) in [5, 5.41) is 8.45. The lowest BCUT2D eigenvalue weighted by Gasteiger charge is -2.11. The van der Waals surface area contributed by atoms with Crippen LogP contribution in [0.4, 0.5) is 8.78 Å². The van der Waals surface area contributed by atoms with Gasteiger partial charge in [-0.25, -0.2) is 8.78 Å². The lowest BCUT2D eigenvalue weighted by molar-refractivity contribution is -0.137. The van der Waals surface area contributed by atoms with Gasteiger partial charge in [0.25, 0.3) is 0 Å². The summed E-state index contributed by atoms with van der Waals surface area (Å²) in [7, 11) is 0. The minimum atomic E-state index is -1.20. The molecule has 90 valence electrons. The average Bonchev–Trinajstić information content (AvgIpc) is 1.99. The first kappa shape index (κ1) is 15.3. The third kappa shape index (κ3) is 3.70.